The largest absolute Gasteiger partial charge is 0.311 e. The van der Waals surface area contributed by atoms with Crippen LogP contribution in [0.1, 0.15) is 13.3 Å². The summed E-state index contributed by atoms with van der Waals surface area (Å²) < 4.78 is 1.97. The average molecular weight is 289 g/mol. The highest BCUT2D eigenvalue weighted by Gasteiger charge is 2.15. The van der Waals surface area contributed by atoms with E-state index in [1.54, 1.807) is 0 Å². The third kappa shape index (κ3) is 2.10. The first-order valence-corrected chi connectivity index (χ1v) is 6.78. The smallest absolute Gasteiger partial charge is 0.278 e. The van der Waals surface area contributed by atoms with Gasteiger partial charge >= 0.3 is 0 Å². The normalized spacial score (nSPS) is 11.1. The van der Waals surface area contributed by atoms with Crippen molar-refractivity contribution in [2.45, 2.75) is 19.9 Å². The summed E-state index contributed by atoms with van der Waals surface area (Å²) in [4.78, 5) is 23.1. The lowest BCUT2D eigenvalue weighted by molar-refractivity contribution is 0.698. The van der Waals surface area contributed by atoms with Gasteiger partial charge in [0, 0.05) is 17.1 Å². The summed E-state index contributed by atoms with van der Waals surface area (Å²) in [6.45, 7) is 2.83. The van der Waals surface area contributed by atoms with E-state index in [2.05, 4.69) is 21.9 Å². The molecule has 0 spiro atoms. The first-order valence-electron chi connectivity index (χ1n) is 6.40. The fourth-order valence-electron chi connectivity index (χ4n) is 2.20. The molecule has 0 unspecified atom stereocenters. The molecule has 0 aliphatic heterocycles. The summed E-state index contributed by atoms with van der Waals surface area (Å²) in [5, 5.41) is 0.669. The van der Waals surface area contributed by atoms with E-state index in [0.29, 0.717) is 16.2 Å². The van der Waals surface area contributed by atoms with Gasteiger partial charge in [-0.25, -0.2) is 9.97 Å². The van der Waals surface area contributed by atoms with E-state index in [-0.39, 0.29) is 5.56 Å². The maximum absolute atomic E-state index is 11.8. The van der Waals surface area contributed by atoms with Crippen LogP contribution >= 0.6 is 11.6 Å². The zero-order valence-corrected chi connectivity index (χ0v) is 11.7. The number of hydrogen-bond donors (Lipinski definition) is 1. The van der Waals surface area contributed by atoms with Gasteiger partial charge in [-0.3, -0.25) is 4.79 Å². The van der Waals surface area contributed by atoms with Gasteiger partial charge in [0.15, 0.2) is 11.2 Å². The maximum atomic E-state index is 11.8. The fourth-order valence-corrected chi connectivity index (χ4v) is 2.33. The summed E-state index contributed by atoms with van der Waals surface area (Å²) in [6, 6.07) is 7.40. The van der Waals surface area contributed by atoms with E-state index in [4.69, 9.17) is 11.6 Å². The van der Waals surface area contributed by atoms with Crippen LogP contribution in [-0.4, -0.2) is 19.5 Å². The van der Waals surface area contributed by atoms with E-state index in [1.165, 1.54) is 6.33 Å². The lowest BCUT2D eigenvalue weighted by Gasteiger charge is -2.06. The number of aromatic nitrogens is 4. The first-order chi connectivity index (χ1) is 9.70. The van der Waals surface area contributed by atoms with Crippen LogP contribution in [0.25, 0.3) is 22.6 Å². The number of imidazole rings is 1. The number of hydrogen-bond acceptors (Lipinski definition) is 3. The van der Waals surface area contributed by atoms with Crippen molar-refractivity contribution in [1.29, 1.82) is 0 Å². The minimum Gasteiger partial charge on any atom is -0.311 e. The highest BCUT2D eigenvalue weighted by molar-refractivity contribution is 6.30. The van der Waals surface area contributed by atoms with Gasteiger partial charge in [-0.05, 0) is 30.7 Å². The number of nitrogens with one attached hydrogen (secondary N) is 1. The maximum Gasteiger partial charge on any atom is 0.278 e. The van der Waals surface area contributed by atoms with Gasteiger partial charge in [0.05, 0.1) is 6.33 Å². The molecule has 0 bridgehead atoms. The summed E-state index contributed by atoms with van der Waals surface area (Å²) >= 11 is 5.91. The third-order valence-electron chi connectivity index (χ3n) is 3.09. The quantitative estimate of drug-likeness (QED) is 0.806. The van der Waals surface area contributed by atoms with Crippen molar-refractivity contribution in [1.82, 2.24) is 19.5 Å². The molecule has 0 fully saturated rings. The van der Waals surface area contributed by atoms with E-state index in [1.807, 2.05) is 28.8 Å². The molecule has 3 aromatic rings. The Morgan fingerprint density at radius 3 is 2.75 bits per heavy atom. The van der Waals surface area contributed by atoms with Crippen molar-refractivity contribution in [2.24, 2.45) is 0 Å². The number of fused-ring (bicyclic) bond motifs is 1. The van der Waals surface area contributed by atoms with Gasteiger partial charge in [-0.15, -0.1) is 0 Å². The Kier molecular flexibility index (Phi) is 3.28. The number of rotatable bonds is 3. The number of aryl methyl sites for hydroxylation is 1. The van der Waals surface area contributed by atoms with E-state index < -0.39 is 0 Å². The molecule has 3 rings (SSSR count). The van der Waals surface area contributed by atoms with Gasteiger partial charge < -0.3 is 9.55 Å². The minimum absolute atomic E-state index is 0.222. The predicted molar refractivity (Wildman–Crippen MR) is 78.9 cm³/mol. The molecule has 0 atom stereocenters. The highest BCUT2D eigenvalue weighted by Crippen LogP contribution is 2.23. The summed E-state index contributed by atoms with van der Waals surface area (Å²) in [7, 11) is 0. The van der Waals surface area contributed by atoms with Crippen LogP contribution in [-0.2, 0) is 6.54 Å². The molecule has 0 aliphatic carbocycles. The zero-order valence-electron chi connectivity index (χ0n) is 10.9. The lowest BCUT2D eigenvalue weighted by atomic mass is 10.2. The molecular formula is C14H13ClN4O. The molecule has 0 aliphatic rings. The Hall–Kier alpha value is -2.14. The van der Waals surface area contributed by atoms with Crippen LogP contribution < -0.4 is 5.56 Å². The van der Waals surface area contributed by atoms with Crippen LogP contribution in [0, 0.1) is 0 Å². The Labute approximate surface area is 120 Å². The fraction of sp³-hybridized carbons (Fsp3) is 0.214. The second kappa shape index (κ2) is 5.09. The Morgan fingerprint density at radius 2 is 2.05 bits per heavy atom. The van der Waals surface area contributed by atoms with E-state index in [9.17, 15) is 4.79 Å². The monoisotopic (exact) mass is 288 g/mol. The van der Waals surface area contributed by atoms with Crippen molar-refractivity contribution >= 4 is 22.8 Å². The Morgan fingerprint density at radius 1 is 1.30 bits per heavy atom. The summed E-state index contributed by atoms with van der Waals surface area (Å²) in [6.07, 6.45) is 2.34. The van der Waals surface area contributed by atoms with Crippen LogP contribution in [0.4, 0.5) is 0 Å². The number of nitrogens with zero attached hydrogens (tertiary/aromatic N) is 3. The first kappa shape index (κ1) is 12.9. The van der Waals surface area contributed by atoms with Crippen LogP contribution in [0.5, 0.6) is 0 Å². The number of halogens is 1. The molecule has 1 aromatic carbocycles. The van der Waals surface area contributed by atoms with Crippen molar-refractivity contribution in [3.8, 4) is 11.4 Å². The molecule has 0 radical (unpaired) electrons. The van der Waals surface area contributed by atoms with E-state index >= 15 is 0 Å². The number of benzene rings is 1. The van der Waals surface area contributed by atoms with E-state index in [0.717, 1.165) is 24.4 Å². The predicted octanol–water partition coefficient (Wildman–Crippen LogP) is 2.85. The van der Waals surface area contributed by atoms with Crippen LogP contribution in [0.3, 0.4) is 0 Å². The van der Waals surface area contributed by atoms with Gasteiger partial charge in [-0.1, -0.05) is 18.5 Å². The van der Waals surface area contributed by atoms with Crippen molar-refractivity contribution < 1.29 is 0 Å². The molecule has 0 saturated heterocycles. The van der Waals surface area contributed by atoms with Gasteiger partial charge in [0.2, 0.25) is 0 Å². The number of aromatic amines is 1. The molecule has 0 saturated carbocycles. The van der Waals surface area contributed by atoms with Crippen LogP contribution in [0.2, 0.25) is 5.02 Å². The second-order valence-corrected chi connectivity index (χ2v) is 4.93. The molecule has 2 heterocycles. The molecule has 6 heteroatoms. The molecule has 5 nitrogen and oxygen atoms in total. The highest BCUT2D eigenvalue weighted by atomic mass is 35.5. The lowest BCUT2D eigenvalue weighted by Crippen LogP contribution is -2.07. The van der Waals surface area contributed by atoms with Gasteiger partial charge in [-0.2, -0.15) is 0 Å². The molecule has 0 amide bonds. The number of H-pyrrole nitrogens is 1. The molecule has 2 aromatic heterocycles. The van der Waals surface area contributed by atoms with Crippen LogP contribution in [0.15, 0.2) is 35.4 Å². The van der Waals surface area contributed by atoms with Gasteiger partial charge in [0.25, 0.3) is 5.56 Å². The summed E-state index contributed by atoms with van der Waals surface area (Å²) in [5.74, 6) is 0.739. The van der Waals surface area contributed by atoms with Crippen molar-refractivity contribution in [3.63, 3.8) is 0 Å². The summed E-state index contributed by atoms with van der Waals surface area (Å²) in [5.41, 5.74) is 1.67. The Balaban J connectivity index is 2.28. The second-order valence-electron chi connectivity index (χ2n) is 4.50. The zero-order chi connectivity index (χ0) is 14.1. The Bertz CT molecular complexity index is 804. The third-order valence-corrected chi connectivity index (χ3v) is 3.34. The van der Waals surface area contributed by atoms with Gasteiger partial charge in [0.1, 0.15) is 5.82 Å². The molecular weight excluding hydrogens is 276 g/mol. The molecule has 1 N–H and O–H groups in total. The molecule has 102 valence electrons. The van der Waals surface area contributed by atoms with Crippen molar-refractivity contribution in [2.75, 3.05) is 0 Å². The minimum atomic E-state index is -0.222. The topological polar surface area (TPSA) is 63.6 Å². The van der Waals surface area contributed by atoms with Crippen molar-refractivity contribution in [3.05, 3.63) is 46.0 Å². The average Bonchev–Trinajstić information content (AvgIpc) is 2.81. The standard InChI is InChI=1S/C14H13ClN4O/c1-2-7-19-12(9-3-5-10(15)6-4-9)18-11-13(19)16-8-17-14(11)20/h3-6,8H,2,7H2,1H3,(H,16,17,20). The molecule has 20 heavy (non-hydrogen) atoms. The SMILES string of the molecule is CCCn1c(-c2ccc(Cl)cc2)nc2c(=O)[nH]cnc21.